The zero-order valence-corrected chi connectivity index (χ0v) is 27.8. The molecule has 44 heavy (non-hydrogen) atoms. The van der Waals surface area contributed by atoms with E-state index in [9.17, 15) is 14.7 Å². The topological polar surface area (TPSA) is 97.3 Å². The Kier molecular flexibility index (Phi) is 11.6. The number of methoxy groups -OCH3 is 2. The zero-order valence-electron chi connectivity index (χ0n) is 25.6. The lowest BCUT2D eigenvalue weighted by Gasteiger charge is -2.42. The summed E-state index contributed by atoms with van der Waals surface area (Å²) < 4.78 is 17.0. The molecular formula is C34H42IN3O6. The van der Waals surface area contributed by atoms with E-state index in [1.165, 1.54) is 11.1 Å². The quantitative estimate of drug-likeness (QED) is 0.216. The largest absolute Gasteiger partial charge is 1.00 e. The number of amides is 2. The van der Waals surface area contributed by atoms with Crippen molar-refractivity contribution in [3.8, 4) is 11.5 Å². The van der Waals surface area contributed by atoms with Gasteiger partial charge in [0.25, 0.3) is 11.8 Å². The second kappa shape index (κ2) is 15.2. The van der Waals surface area contributed by atoms with Crippen molar-refractivity contribution in [2.24, 2.45) is 0 Å². The lowest BCUT2D eigenvalue weighted by Crippen LogP contribution is -3.00. The first-order valence-corrected chi connectivity index (χ1v) is 14.8. The maximum Gasteiger partial charge on any atom is 0.254 e. The van der Waals surface area contributed by atoms with Gasteiger partial charge in [0, 0.05) is 55.2 Å². The van der Waals surface area contributed by atoms with Gasteiger partial charge in [0.1, 0.15) is 30.7 Å². The van der Waals surface area contributed by atoms with E-state index in [0.29, 0.717) is 55.0 Å². The second-order valence-electron chi connectivity index (χ2n) is 11.7. The van der Waals surface area contributed by atoms with Gasteiger partial charge in [-0.15, -0.1) is 0 Å². The van der Waals surface area contributed by atoms with Crippen LogP contribution in [0.25, 0.3) is 0 Å². The molecule has 1 fully saturated rings. The Hall–Kier alpha value is -3.19. The number of hydrogen-bond donors (Lipinski definition) is 2. The molecule has 10 heteroatoms. The number of nitrogens with zero attached hydrogens (tertiary/aromatic N) is 2. The summed E-state index contributed by atoms with van der Waals surface area (Å²) in [4.78, 5) is 27.5. The number of benzene rings is 3. The molecule has 1 aliphatic carbocycles. The summed E-state index contributed by atoms with van der Waals surface area (Å²) >= 11 is 0. The van der Waals surface area contributed by atoms with Crippen LogP contribution in [-0.2, 0) is 24.1 Å². The number of morpholine rings is 1. The first-order valence-electron chi connectivity index (χ1n) is 14.8. The molecule has 2 atom stereocenters. The van der Waals surface area contributed by atoms with Gasteiger partial charge in [0.05, 0.1) is 40.5 Å². The van der Waals surface area contributed by atoms with Gasteiger partial charge in [-0.3, -0.25) is 9.59 Å². The Morgan fingerprint density at radius 2 is 1.61 bits per heavy atom. The molecule has 9 nitrogen and oxygen atoms in total. The molecule has 2 N–H and O–H groups in total. The highest BCUT2D eigenvalue weighted by Crippen LogP contribution is 2.34. The van der Waals surface area contributed by atoms with Gasteiger partial charge in [-0.25, -0.2) is 0 Å². The van der Waals surface area contributed by atoms with E-state index >= 15 is 0 Å². The van der Waals surface area contributed by atoms with Crippen molar-refractivity contribution < 1.29 is 57.4 Å². The number of aliphatic hydroxyl groups is 1. The maximum atomic E-state index is 13.0. The highest BCUT2D eigenvalue weighted by atomic mass is 127. The lowest BCUT2D eigenvalue weighted by atomic mass is 10.0. The van der Waals surface area contributed by atoms with Crippen LogP contribution in [0, 0.1) is 0 Å². The van der Waals surface area contributed by atoms with Crippen LogP contribution in [0.1, 0.15) is 37.4 Å². The normalized spacial score (nSPS) is 16.7. The lowest BCUT2D eigenvalue weighted by molar-refractivity contribution is -0.947. The SMILES string of the molecule is COc1ccc(C[N+](C)(C[C@@H](O)CNC(=O)c2ccc(C(=O)N3CCOCC3)cc2)C2Cc3ccccc3C2)c(OC)c1.[I-]. The Morgan fingerprint density at radius 3 is 2.23 bits per heavy atom. The molecule has 0 bridgehead atoms. The molecule has 3 aromatic rings. The monoisotopic (exact) mass is 715 g/mol. The highest BCUT2D eigenvalue weighted by molar-refractivity contribution is 5.97. The maximum absolute atomic E-state index is 13.0. The zero-order chi connectivity index (χ0) is 30.4. The number of halogens is 1. The second-order valence-corrected chi connectivity index (χ2v) is 11.7. The summed E-state index contributed by atoms with van der Waals surface area (Å²) in [6, 6.07) is 21.3. The minimum atomic E-state index is -0.774. The molecule has 5 rings (SSSR count). The fraction of sp³-hybridized carbons (Fsp3) is 0.412. The smallest absolute Gasteiger partial charge is 0.254 e. The van der Waals surface area contributed by atoms with Crippen molar-refractivity contribution in [1.82, 2.24) is 10.2 Å². The van der Waals surface area contributed by atoms with Gasteiger partial charge < -0.3 is 58.0 Å². The predicted molar refractivity (Wildman–Crippen MR) is 163 cm³/mol. The molecule has 0 spiro atoms. The van der Waals surface area contributed by atoms with Crippen LogP contribution < -0.4 is 38.8 Å². The average Bonchev–Trinajstić information content (AvgIpc) is 3.49. The number of carbonyl (C=O) groups is 2. The summed E-state index contributed by atoms with van der Waals surface area (Å²) in [6.45, 7) is 3.40. The Bertz CT molecular complexity index is 1400. The number of nitrogens with one attached hydrogen (secondary N) is 1. The first-order chi connectivity index (χ1) is 20.8. The van der Waals surface area contributed by atoms with Gasteiger partial charge in [-0.05, 0) is 47.5 Å². The molecule has 1 unspecified atom stereocenters. The number of carbonyl (C=O) groups excluding carboxylic acids is 2. The van der Waals surface area contributed by atoms with Gasteiger partial charge in [0.15, 0.2) is 0 Å². The van der Waals surface area contributed by atoms with Crippen LogP contribution in [0.15, 0.2) is 66.7 Å². The Labute approximate surface area is 276 Å². The van der Waals surface area contributed by atoms with Crippen LogP contribution in [0.2, 0.25) is 0 Å². The Balaban J connectivity index is 0.00000442. The number of quaternary nitrogens is 1. The first kappa shape index (κ1) is 33.7. The van der Waals surface area contributed by atoms with Crippen LogP contribution in [0.4, 0.5) is 0 Å². The summed E-state index contributed by atoms with van der Waals surface area (Å²) in [5.74, 6) is 1.12. The van der Waals surface area contributed by atoms with Gasteiger partial charge in [0.2, 0.25) is 0 Å². The van der Waals surface area contributed by atoms with Crippen LogP contribution >= 0.6 is 0 Å². The van der Waals surface area contributed by atoms with Crippen molar-refractivity contribution in [1.29, 1.82) is 0 Å². The summed E-state index contributed by atoms with van der Waals surface area (Å²) in [5, 5.41) is 14.2. The number of ether oxygens (including phenoxy) is 3. The van der Waals surface area contributed by atoms with E-state index < -0.39 is 6.10 Å². The third kappa shape index (κ3) is 7.90. The van der Waals surface area contributed by atoms with Crippen molar-refractivity contribution in [3.63, 3.8) is 0 Å². The average molecular weight is 716 g/mol. The molecular weight excluding hydrogens is 673 g/mol. The fourth-order valence-electron chi connectivity index (χ4n) is 6.26. The van der Waals surface area contributed by atoms with Gasteiger partial charge in [-0.2, -0.15) is 0 Å². The van der Waals surface area contributed by atoms with Crippen LogP contribution in [0.5, 0.6) is 11.5 Å². The third-order valence-electron chi connectivity index (χ3n) is 8.76. The molecule has 2 aliphatic rings. The minimum absolute atomic E-state index is 0. The summed E-state index contributed by atoms with van der Waals surface area (Å²) in [6.07, 6.45) is 1.06. The molecule has 236 valence electrons. The number of hydrogen-bond acceptors (Lipinski definition) is 6. The van der Waals surface area contributed by atoms with Gasteiger partial charge in [-0.1, -0.05) is 24.3 Å². The van der Waals surface area contributed by atoms with Crippen LogP contribution in [0.3, 0.4) is 0 Å². The predicted octanol–water partition coefficient (Wildman–Crippen LogP) is 0.0851. The molecule has 0 aromatic heterocycles. The van der Waals surface area contributed by atoms with Crippen molar-refractivity contribution in [3.05, 3.63) is 94.5 Å². The van der Waals surface area contributed by atoms with Crippen molar-refractivity contribution >= 4 is 11.8 Å². The van der Waals surface area contributed by atoms with Crippen LogP contribution in [-0.4, -0.2) is 99.1 Å². The molecule has 0 radical (unpaired) electrons. The van der Waals surface area contributed by atoms with E-state index in [0.717, 1.165) is 29.9 Å². The molecule has 2 amide bonds. The Morgan fingerprint density at radius 1 is 0.977 bits per heavy atom. The van der Waals surface area contributed by atoms with E-state index in [1.807, 2.05) is 18.2 Å². The summed E-state index contributed by atoms with van der Waals surface area (Å²) in [7, 11) is 5.47. The number of fused-ring (bicyclic) bond motifs is 1. The van der Waals surface area contributed by atoms with E-state index in [4.69, 9.17) is 14.2 Å². The summed E-state index contributed by atoms with van der Waals surface area (Å²) in [5.41, 5.74) is 4.70. The molecule has 0 saturated carbocycles. The van der Waals surface area contributed by atoms with Gasteiger partial charge >= 0.3 is 0 Å². The van der Waals surface area contributed by atoms with Crippen molar-refractivity contribution in [2.45, 2.75) is 31.5 Å². The minimum Gasteiger partial charge on any atom is -1.00 e. The molecule has 1 saturated heterocycles. The highest BCUT2D eigenvalue weighted by Gasteiger charge is 2.39. The fourth-order valence-corrected chi connectivity index (χ4v) is 6.26. The van der Waals surface area contributed by atoms with Crippen molar-refractivity contribution in [2.75, 3.05) is 60.7 Å². The van der Waals surface area contributed by atoms with E-state index in [2.05, 4.69) is 36.6 Å². The number of likely N-dealkylation sites (N-methyl/N-ethyl adjacent to an activating group) is 1. The molecule has 1 heterocycles. The molecule has 1 aliphatic heterocycles. The van der Waals surface area contributed by atoms with E-state index in [-0.39, 0.29) is 48.4 Å². The molecule has 3 aromatic carbocycles. The third-order valence-corrected chi connectivity index (χ3v) is 8.76. The standard InChI is InChI=1S/C34H41N3O6.HI/c1-37(29-18-26-6-4-5-7-27(26)19-29,22-28-12-13-31(41-2)20-32(28)42-3)23-30(38)21-35-33(39)24-8-10-25(11-9-24)34(40)36-14-16-43-17-15-36;/h4-13,20,29-30,38H,14-19,21-23H2,1-3H3;1H/t30-,37?;/m0./s1. The van der Waals surface area contributed by atoms with E-state index in [1.54, 1.807) is 43.4 Å². The number of aliphatic hydroxyl groups excluding tert-OH is 1. The number of rotatable bonds is 11.